The summed E-state index contributed by atoms with van der Waals surface area (Å²) in [5, 5.41) is 0. The summed E-state index contributed by atoms with van der Waals surface area (Å²) < 4.78 is 0. The number of aryl methyl sites for hydroxylation is 2. The van der Waals surface area contributed by atoms with Gasteiger partial charge in [-0.1, -0.05) is 6.42 Å². The van der Waals surface area contributed by atoms with Crippen LogP contribution in [-0.4, -0.2) is 23.5 Å². The highest BCUT2D eigenvalue weighted by atomic mass is 35.5. The van der Waals surface area contributed by atoms with E-state index in [2.05, 4.69) is 31.7 Å². The normalized spacial score (nSPS) is 22.6. The molecule has 2 atom stereocenters. The van der Waals surface area contributed by atoms with Crippen LogP contribution in [0.1, 0.15) is 41.5 Å². The highest BCUT2D eigenvalue weighted by Gasteiger charge is 2.25. The molecule has 0 bridgehead atoms. The van der Waals surface area contributed by atoms with Crippen molar-refractivity contribution < 1.29 is 0 Å². The maximum Gasteiger partial charge on any atom is 0.0248 e. The summed E-state index contributed by atoms with van der Waals surface area (Å²) in [6.07, 6.45) is 3.93. The lowest BCUT2D eigenvalue weighted by Crippen LogP contribution is -2.48. The molecule has 1 aromatic heterocycles. The van der Waals surface area contributed by atoms with Gasteiger partial charge in [0.25, 0.3) is 0 Å². The zero-order valence-corrected chi connectivity index (χ0v) is 13.2. The monoisotopic (exact) mass is 288 g/mol. The second-order valence-electron chi connectivity index (χ2n) is 5.33. The van der Waals surface area contributed by atoms with Gasteiger partial charge in [0.15, 0.2) is 0 Å². The first-order valence-electron chi connectivity index (χ1n) is 6.63. The SMILES string of the molecule is Cc1cc(CN2CCCCC2C(C)N)c(C)s1.Cl. The van der Waals surface area contributed by atoms with Gasteiger partial charge in [-0.05, 0) is 51.8 Å². The average Bonchev–Trinajstić information content (AvgIpc) is 2.58. The van der Waals surface area contributed by atoms with Crippen LogP contribution in [0.2, 0.25) is 0 Å². The van der Waals surface area contributed by atoms with Gasteiger partial charge in [0.1, 0.15) is 0 Å². The molecule has 4 heteroatoms. The molecule has 1 fully saturated rings. The first-order chi connectivity index (χ1) is 8.08. The van der Waals surface area contributed by atoms with Gasteiger partial charge in [0.05, 0.1) is 0 Å². The molecule has 0 aromatic carbocycles. The summed E-state index contributed by atoms with van der Waals surface area (Å²) in [6, 6.07) is 3.20. The number of likely N-dealkylation sites (tertiary alicyclic amines) is 1. The zero-order chi connectivity index (χ0) is 12.4. The lowest BCUT2D eigenvalue weighted by atomic mass is 9.96. The molecule has 2 nitrogen and oxygen atoms in total. The number of halogens is 1. The molecule has 0 radical (unpaired) electrons. The third kappa shape index (κ3) is 3.70. The number of nitrogens with two attached hydrogens (primary N) is 1. The summed E-state index contributed by atoms with van der Waals surface area (Å²) in [5.41, 5.74) is 7.62. The van der Waals surface area contributed by atoms with Crippen LogP contribution in [0.5, 0.6) is 0 Å². The Kier molecular flexibility index (Phi) is 6.12. The molecule has 2 N–H and O–H groups in total. The van der Waals surface area contributed by atoms with E-state index < -0.39 is 0 Å². The molecular formula is C14H25ClN2S. The van der Waals surface area contributed by atoms with Crippen molar-refractivity contribution in [2.75, 3.05) is 6.54 Å². The van der Waals surface area contributed by atoms with Gasteiger partial charge >= 0.3 is 0 Å². The largest absolute Gasteiger partial charge is 0.327 e. The van der Waals surface area contributed by atoms with E-state index in [1.807, 2.05) is 11.3 Å². The molecule has 1 aliphatic rings. The molecule has 18 heavy (non-hydrogen) atoms. The molecule has 0 amide bonds. The highest BCUT2D eigenvalue weighted by molar-refractivity contribution is 7.12. The summed E-state index contributed by atoms with van der Waals surface area (Å²) in [6.45, 7) is 8.87. The Labute approximate surface area is 121 Å². The Balaban J connectivity index is 0.00000162. The first kappa shape index (κ1) is 16.0. The van der Waals surface area contributed by atoms with Crippen molar-refractivity contribution in [3.63, 3.8) is 0 Å². The van der Waals surface area contributed by atoms with Crippen molar-refractivity contribution in [1.82, 2.24) is 4.90 Å². The minimum absolute atomic E-state index is 0. The Morgan fingerprint density at radius 2 is 2.17 bits per heavy atom. The van der Waals surface area contributed by atoms with E-state index in [-0.39, 0.29) is 18.4 Å². The van der Waals surface area contributed by atoms with Gasteiger partial charge in [-0.25, -0.2) is 0 Å². The molecule has 1 aliphatic heterocycles. The summed E-state index contributed by atoms with van der Waals surface area (Å²) in [4.78, 5) is 5.48. The first-order valence-corrected chi connectivity index (χ1v) is 7.45. The number of hydrogen-bond acceptors (Lipinski definition) is 3. The van der Waals surface area contributed by atoms with Gasteiger partial charge in [-0.3, -0.25) is 4.90 Å². The minimum atomic E-state index is 0. The number of hydrogen-bond donors (Lipinski definition) is 1. The van der Waals surface area contributed by atoms with Crippen molar-refractivity contribution in [1.29, 1.82) is 0 Å². The van der Waals surface area contributed by atoms with Crippen LogP contribution in [0, 0.1) is 13.8 Å². The van der Waals surface area contributed by atoms with E-state index in [1.165, 1.54) is 41.1 Å². The number of piperidine rings is 1. The fraction of sp³-hybridized carbons (Fsp3) is 0.714. The highest BCUT2D eigenvalue weighted by Crippen LogP contribution is 2.26. The second kappa shape index (κ2) is 6.90. The van der Waals surface area contributed by atoms with Crippen molar-refractivity contribution in [2.24, 2.45) is 5.73 Å². The molecule has 2 unspecified atom stereocenters. The fourth-order valence-corrected chi connectivity index (χ4v) is 3.81. The molecule has 1 saturated heterocycles. The Morgan fingerprint density at radius 3 is 2.72 bits per heavy atom. The molecule has 0 aliphatic carbocycles. The second-order valence-corrected chi connectivity index (χ2v) is 6.79. The fourth-order valence-electron chi connectivity index (χ4n) is 2.87. The summed E-state index contributed by atoms with van der Waals surface area (Å²) in [7, 11) is 0. The van der Waals surface area contributed by atoms with Gasteiger partial charge in [0, 0.05) is 28.4 Å². The molecule has 2 rings (SSSR count). The predicted molar refractivity (Wildman–Crippen MR) is 82.7 cm³/mol. The topological polar surface area (TPSA) is 29.3 Å². The molecule has 0 spiro atoms. The van der Waals surface area contributed by atoms with Gasteiger partial charge in [-0.2, -0.15) is 0 Å². The zero-order valence-electron chi connectivity index (χ0n) is 11.6. The van der Waals surface area contributed by atoms with Crippen LogP contribution in [0.25, 0.3) is 0 Å². The van der Waals surface area contributed by atoms with Crippen LogP contribution in [-0.2, 0) is 6.54 Å². The Morgan fingerprint density at radius 1 is 1.44 bits per heavy atom. The Bertz CT molecular complexity index is 376. The van der Waals surface area contributed by atoms with E-state index >= 15 is 0 Å². The third-order valence-electron chi connectivity index (χ3n) is 3.79. The molecule has 1 aromatic rings. The maximum absolute atomic E-state index is 6.12. The van der Waals surface area contributed by atoms with Crippen LogP contribution in [0.3, 0.4) is 0 Å². The molecule has 2 heterocycles. The Hall–Kier alpha value is -0.0900. The van der Waals surface area contributed by atoms with E-state index in [0.717, 1.165) is 6.54 Å². The minimum Gasteiger partial charge on any atom is -0.327 e. The summed E-state index contributed by atoms with van der Waals surface area (Å²) in [5.74, 6) is 0. The van der Waals surface area contributed by atoms with Gasteiger partial charge in [-0.15, -0.1) is 23.7 Å². The number of thiophene rings is 1. The van der Waals surface area contributed by atoms with E-state index in [4.69, 9.17) is 5.73 Å². The lowest BCUT2D eigenvalue weighted by molar-refractivity contribution is 0.123. The summed E-state index contributed by atoms with van der Waals surface area (Å²) >= 11 is 1.91. The van der Waals surface area contributed by atoms with Crippen molar-refractivity contribution in [2.45, 2.75) is 58.7 Å². The van der Waals surface area contributed by atoms with E-state index in [1.54, 1.807) is 0 Å². The number of nitrogens with zero attached hydrogens (tertiary/aromatic N) is 1. The predicted octanol–water partition coefficient (Wildman–Crippen LogP) is 3.49. The van der Waals surface area contributed by atoms with Crippen molar-refractivity contribution >= 4 is 23.7 Å². The molecule has 0 saturated carbocycles. The van der Waals surface area contributed by atoms with Crippen LogP contribution in [0.15, 0.2) is 6.07 Å². The maximum atomic E-state index is 6.12. The third-order valence-corrected chi connectivity index (χ3v) is 4.80. The van der Waals surface area contributed by atoms with Crippen LogP contribution >= 0.6 is 23.7 Å². The lowest BCUT2D eigenvalue weighted by Gasteiger charge is -2.38. The van der Waals surface area contributed by atoms with Crippen LogP contribution < -0.4 is 5.73 Å². The van der Waals surface area contributed by atoms with Crippen molar-refractivity contribution in [3.05, 3.63) is 21.4 Å². The van der Waals surface area contributed by atoms with E-state index in [9.17, 15) is 0 Å². The van der Waals surface area contributed by atoms with Gasteiger partial charge in [0.2, 0.25) is 0 Å². The van der Waals surface area contributed by atoms with Gasteiger partial charge < -0.3 is 5.73 Å². The average molecular weight is 289 g/mol. The standard InChI is InChI=1S/C14H24N2S.ClH/c1-10-8-13(12(3)17-10)9-16-7-5-4-6-14(16)11(2)15;/h8,11,14H,4-7,9,15H2,1-3H3;1H. The molecule has 104 valence electrons. The quantitative estimate of drug-likeness (QED) is 0.922. The van der Waals surface area contributed by atoms with Crippen molar-refractivity contribution in [3.8, 4) is 0 Å². The molecular weight excluding hydrogens is 264 g/mol. The smallest absolute Gasteiger partial charge is 0.0248 e. The number of rotatable bonds is 3. The van der Waals surface area contributed by atoms with Crippen LogP contribution in [0.4, 0.5) is 0 Å². The van der Waals surface area contributed by atoms with E-state index in [0.29, 0.717) is 6.04 Å².